The molecule has 32 heavy (non-hydrogen) atoms. The van der Waals surface area contributed by atoms with Crippen LogP contribution < -0.4 is 13.8 Å². The van der Waals surface area contributed by atoms with E-state index < -0.39 is 26.7 Å². The maximum absolute atomic E-state index is 14.8. The van der Waals surface area contributed by atoms with Crippen LogP contribution in [0.5, 0.6) is 11.5 Å². The fraction of sp³-hybridized carbons (Fsp3) is 0.143. The van der Waals surface area contributed by atoms with E-state index in [2.05, 4.69) is 15.2 Å². The zero-order valence-electron chi connectivity index (χ0n) is 17.0. The summed E-state index contributed by atoms with van der Waals surface area (Å²) in [6.07, 6.45) is 1.38. The van der Waals surface area contributed by atoms with Gasteiger partial charge in [0.15, 0.2) is 0 Å². The standard InChI is InChI=1S/C21H18F2N4O4S/c1-30-15-7-6-13(18(9-15)31-2)12-27(21-5-3-4-20(23)25-21)32(28,29)19-8-14-11-24-26-17(14)10-16(19)22/h3-11H,12H2,1-2H3,(H,24,26). The third-order valence-electron chi connectivity index (χ3n) is 4.82. The fourth-order valence-electron chi connectivity index (χ4n) is 3.22. The Bertz CT molecular complexity index is 1390. The molecule has 11 heteroatoms. The number of methoxy groups -OCH3 is 2. The lowest BCUT2D eigenvalue weighted by molar-refractivity contribution is 0.391. The third-order valence-corrected chi connectivity index (χ3v) is 6.59. The molecule has 1 N–H and O–H groups in total. The molecule has 2 aromatic heterocycles. The van der Waals surface area contributed by atoms with E-state index in [9.17, 15) is 17.2 Å². The zero-order valence-corrected chi connectivity index (χ0v) is 17.9. The largest absolute Gasteiger partial charge is 0.497 e. The molecule has 0 unspecified atom stereocenters. The molecule has 0 saturated carbocycles. The summed E-state index contributed by atoms with van der Waals surface area (Å²) in [6.45, 7) is -0.297. The van der Waals surface area contributed by atoms with Crippen LogP contribution in [0.2, 0.25) is 0 Å². The number of fused-ring (bicyclic) bond motifs is 1. The van der Waals surface area contributed by atoms with E-state index >= 15 is 0 Å². The molecule has 0 aliphatic carbocycles. The molecule has 0 spiro atoms. The number of aromatic nitrogens is 3. The van der Waals surface area contributed by atoms with Crippen LogP contribution in [0.1, 0.15) is 5.56 Å². The molecule has 4 aromatic rings. The predicted octanol–water partition coefficient (Wildman–Crippen LogP) is 3.65. The number of benzene rings is 2. The summed E-state index contributed by atoms with van der Waals surface area (Å²) >= 11 is 0. The molecule has 0 saturated heterocycles. The number of sulfonamides is 1. The lowest BCUT2D eigenvalue weighted by Gasteiger charge is -2.25. The number of halogens is 2. The summed E-state index contributed by atoms with van der Waals surface area (Å²) < 4.78 is 67.2. The Labute approximate surface area is 182 Å². The minimum Gasteiger partial charge on any atom is -0.497 e. The van der Waals surface area contributed by atoms with Crippen molar-refractivity contribution in [2.75, 3.05) is 18.5 Å². The Morgan fingerprint density at radius 2 is 1.88 bits per heavy atom. The smallest absolute Gasteiger partial charge is 0.268 e. The number of aromatic amines is 1. The highest BCUT2D eigenvalue weighted by Gasteiger charge is 2.31. The lowest BCUT2D eigenvalue weighted by atomic mass is 10.2. The second kappa shape index (κ2) is 8.42. The average molecular weight is 460 g/mol. The quantitative estimate of drug-likeness (QED) is 0.423. The number of ether oxygens (including phenoxy) is 2. The summed E-state index contributed by atoms with van der Waals surface area (Å²) in [4.78, 5) is 3.11. The monoisotopic (exact) mass is 460 g/mol. The number of H-pyrrole nitrogens is 1. The number of rotatable bonds is 7. The van der Waals surface area contributed by atoms with Gasteiger partial charge in [0.25, 0.3) is 10.0 Å². The number of hydrogen-bond donors (Lipinski definition) is 1. The van der Waals surface area contributed by atoms with Crippen molar-refractivity contribution >= 4 is 26.7 Å². The van der Waals surface area contributed by atoms with E-state index in [1.165, 1.54) is 38.6 Å². The van der Waals surface area contributed by atoms with Crippen molar-refractivity contribution in [1.82, 2.24) is 15.2 Å². The van der Waals surface area contributed by atoms with Gasteiger partial charge in [0.1, 0.15) is 28.0 Å². The van der Waals surface area contributed by atoms with Gasteiger partial charge in [-0.05, 0) is 30.3 Å². The first kappa shape index (κ1) is 21.5. The topological polar surface area (TPSA) is 97.4 Å². The van der Waals surface area contributed by atoms with Gasteiger partial charge in [-0.2, -0.15) is 9.49 Å². The molecule has 0 aliphatic heterocycles. The second-order valence-corrected chi connectivity index (χ2v) is 8.58. The van der Waals surface area contributed by atoms with Crippen molar-refractivity contribution in [3.8, 4) is 11.5 Å². The molecule has 0 amide bonds. The van der Waals surface area contributed by atoms with Gasteiger partial charge in [-0.3, -0.25) is 5.10 Å². The van der Waals surface area contributed by atoms with Crippen LogP contribution in [0.15, 0.2) is 59.6 Å². The normalized spacial score (nSPS) is 11.5. The van der Waals surface area contributed by atoms with E-state index in [1.807, 2.05) is 0 Å². The SMILES string of the molecule is COc1ccc(CN(c2cccc(F)n2)S(=O)(=O)c2cc3cn[nH]c3cc2F)c(OC)c1. The van der Waals surface area contributed by atoms with Gasteiger partial charge >= 0.3 is 0 Å². The maximum atomic E-state index is 14.8. The Kier molecular flexibility index (Phi) is 5.66. The minimum atomic E-state index is -4.51. The second-order valence-electron chi connectivity index (χ2n) is 6.75. The van der Waals surface area contributed by atoms with E-state index in [-0.39, 0.29) is 12.4 Å². The molecule has 2 aromatic carbocycles. The number of pyridine rings is 1. The maximum Gasteiger partial charge on any atom is 0.268 e. The van der Waals surface area contributed by atoms with Crippen LogP contribution in [0, 0.1) is 11.8 Å². The van der Waals surface area contributed by atoms with Gasteiger partial charge in [0.2, 0.25) is 5.95 Å². The first-order chi connectivity index (χ1) is 15.3. The molecule has 0 fully saturated rings. The van der Waals surface area contributed by atoms with Gasteiger partial charge in [0.05, 0.1) is 32.5 Å². The summed E-state index contributed by atoms with van der Waals surface area (Å²) in [5.74, 6) is -1.23. The van der Waals surface area contributed by atoms with E-state index in [0.29, 0.717) is 28.0 Å². The highest BCUT2D eigenvalue weighted by atomic mass is 32.2. The molecule has 8 nitrogen and oxygen atoms in total. The number of hydrogen-bond acceptors (Lipinski definition) is 6. The van der Waals surface area contributed by atoms with E-state index in [0.717, 1.165) is 16.4 Å². The van der Waals surface area contributed by atoms with Crippen LogP contribution in [0.4, 0.5) is 14.6 Å². The molecular weight excluding hydrogens is 442 g/mol. The summed E-state index contributed by atoms with van der Waals surface area (Å²) in [5.41, 5.74) is 0.779. The molecule has 2 heterocycles. The van der Waals surface area contributed by atoms with Crippen molar-refractivity contribution in [2.45, 2.75) is 11.4 Å². The highest BCUT2D eigenvalue weighted by molar-refractivity contribution is 7.92. The first-order valence-electron chi connectivity index (χ1n) is 9.32. The van der Waals surface area contributed by atoms with Crippen molar-refractivity contribution in [2.24, 2.45) is 0 Å². The number of anilines is 1. The fourth-order valence-corrected chi connectivity index (χ4v) is 4.70. The van der Waals surface area contributed by atoms with Crippen molar-refractivity contribution in [3.63, 3.8) is 0 Å². The van der Waals surface area contributed by atoms with Crippen LogP contribution in [-0.2, 0) is 16.6 Å². The van der Waals surface area contributed by atoms with E-state index in [1.54, 1.807) is 18.2 Å². The third kappa shape index (κ3) is 3.94. The predicted molar refractivity (Wildman–Crippen MR) is 113 cm³/mol. The van der Waals surface area contributed by atoms with Crippen LogP contribution in [-0.4, -0.2) is 37.8 Å². The molecule has 0 aliphatic rings. The summed E-state index contributed by atoms with van der Waals surface area (Å²) in [6, 6.07) is 10.7. The zero-order chi connectivity index (χ0) is 22.9. The van der Waals surface area contributed by atoms with Crippen LogP contribution in [0.3, 0.4) is 0 Å². The Hall–Kier alpha value is -3.73. The van der Waals surface area contributed by atoms with E-state index in [4.69, 9.17) is 9.47 Å². The summed E-state index contributed by atoms with van der Waals surface area (Å²) in [7, 11) is -1.61. The van der Waals surface area contributed by atoms with Gasteiger partial charge in [-0.1, -0.05) is 6.07 Å². The molecule has 0 radical (unpaired) electrons. The van der Waals surface area contributed by atoms with Gasteiger partial charge in [-0.25, -0.2) is 22.1 Å². The van der Waals surface area contributed by atoms with Crippen LogP contribution >= 0.6 is 0 Å². The highest BCUT2D eigenvalue weighted by Crippen LogP contribution is 2.32. The molecule has 0 atom stereocenters. The summed E-state index contributed by atoms with van der Waals surface area (Å²) in [5, 5.41) is 6.78. The molecular formula is C21H18F2N4O4S. The number of nitrogens with zero attached hydrogens (tertiary/aromatic N) is 3. The average Bonchev–Trinajstić information content (AvgIpc) is 3.23. The lowest BCUT2D eigenvalue weighted by Crippen LogP contribution is -2.32. The molecule has 4 rings (SSSR count). The molecule has 0 bridgehead atoms. The van der Waals surface area contributed by atoms with Crippen LogP contribution in [0.25, 0.3) is 10.9 Å². The Morgan fingerprint density at radius 3 is 2.59 bits per heavy atom. The van der Waals surface area contributed by atoms with Crippen molar-refractivity contribution in [1.29, 1.82) is 0 Å². The minimum absolute atomic E-state index is 0.213. The van der Waals surface area contributed by atoms with Gasteiger partial charge in [-0.15, -0.1) is 0 Å². The first-order valence-corrected chi connectivity index (χ1v) is 10.8. The van der Waals surface area contributed by atoms with Gasteiger partial charge < -0.3 is 9.47 Å². The van der Waals surface area contributed by atoms with Gasteiger partial charge in [0, 0.05) is 23.1 Å². The molecule has 166 valence electrons. The Morgan fingerprint density at radius 1 is 1.06 bits per heavy atom. The number of nitrogens with one attached hydrogen (secondary N) is 1. The van der Waals surface area contributed by atoms with Crippen molar-refractivity contribution in [3.05, 3.63) is 72.1 Å². The van der Waals surface area contributed by atoms with Crippen molar-refractivity contribution < 1.29 is 26.7 Å². The Balaban J connectivity index is 1.87.